The van der Waals surface area contributed by atoms with E-state index in [2.05, 4.69) is 43.8 Å². The SMILES string of the molecule is O=C(N(CCCNc1cc(-c2ccccc2Cl)nc2c(Br)cnn12)C1CN1)C1(c2ccccc2)CC1. The van der Waals surface area contributed by atoms with Crippen LogP contribution in [0.15, 0.2) is 71.3 Å². The van der Waals surface area contributed by atoms with Gasteiger partial charge < -0.3 is 10.2 Å². The highest BCUT2D eigenvalue weighted by Crippen LogP contribution is 2.50. The Morgan fingerprint density at radius 2 is 1.94 bits per heavy atom. The number of nitrogens with zero attached hydrogens (tertiary/aromatic N) is 4. The molecular weight excluding hydrogens is 540 g/mol. The largest absolute Gasteiger partial charge is 0.370 e. The summed E-state index contributed by atoms with van der Waals surface area (Å²) in [7, 11) is 0. The number of rotatable bonds is 9. The average molecular weight is 566 g/mol. The summed E-state index contributed by atoms with van der Waals surface area (Å²) in [5.74, 6) is 1.07. The molecule has 2 fully saturated rings. The van der Waals surface area contributed by atoms with E-state index in [0.717, 1.165) is 52.9 Å². The van der Waals surface area contributed by atoms with Gasteiger partial charge in [0.15, 0.2) is 5.65 Å². The molecule has 4 aromatic rings. The lowest BCUT2D eigenvalue weighted by atomic mass is 9.94. The van der Waals surface area contributed by atoms with Gasteiger partial charge in [-0.15, -0.1) is 0 Å². The fourth-order valence-electron chi connectivity index (χ4n) is 4.79. The van der Waals surface area contributed by atoms with Crippen molar-refractivity contribution in [1.29, 1.82) is 0 Å². The fourth-order valence-corrected chi connectivity index (χ4v) is 5.37. The molecule has 0 radical (unpaired) electrons. The Hall–Kier alpha value is -2.94. The van der Waals surface area contributed by atoms with Gasteiger partial charge in [-0.1, -0.05) is 60.1 Å². The molecule has 7 nitrogen and oxygen atoms in total. The van der Waals surface area contributed by atoms with Crippen molar-refractivity contribution in [3.63, 3.8) is 0 Å². The van der Waals surface area contributed by atoms with Crippen LogP contribution >= 0.6 is 27.5 Å². The molecule has 0 spiro atoms. The first kappa shape index (κ1) is 23.5. The minimum Gasteiger partial charge on any atom is -0.370 e. The summed E-state index contributed by atoms with van der Waals surface area (Å²) < 4.78 is 2.59. The van der Waals surface area contributed by atoms with E-state index >= 15 is 0 Å². The van der Waals surface area contributed by atoms with Crippen molar-refractivity contribution in [3.05, 3.63) is 81.9 Å². The van der Waals surface area contributed by atoms with Crippen LogP contribution in [0.4, 0.5) is 5.82 Å². The minimum absolute atomic E-state index is 0.139. The zero-order chi connectivity index (χ0) is 24.7. The van der Waals surface area contributed by atoms with Crippen molar-refractivity contribution in [2.45, 2.75) is 30.8 Å². The molecular formula is C27H26BrClN6O. The Kier molecular flexibility index (Phi) is 6.19. The van der Waals surface area contributed by atoms with Crippen LogP contribution in [0, 0.1) is 0 Å². The predicted molar refractivity (Wildman–Crippen MR) is 145 cm³/mol. The number of aromatic nitrogens is 3. The maximum Gasteiger partial charge on any atom is 0.234 e. The van der Waals surface area contributed by atoms with Crippen molar-refractivity contribution in [3.8, 4) is 11.3 Å². The summed E-state index contributed by atoms with van der Waals surface area (Å²) in [6, 6.07) is 19.8. The number of nitrogens with one attached hydrogen (secondary N) is 2. The predicted octanol–water partition coefficient (Wildman–Crippen LogP) is 5.10. The molecule has 1 unspecified atom stereocenters. The van der Waals surface area contributed by atoms with Crippen LogP contribution in [-0.4, -0.2) is 51.2 Å². The van der Waals surface area contributed by atoms with Crippen molar-refractivity contribution < 1.29 is 4.79 Å². The number of amides is 1. The molecule has 2 aromatic heterocycles. The van der Waals surface area contributed by atoms with E-state index < -0.39 is 0 Å². The van der Waals surface area contributed by atoms with Gasteiger partial charge in [-0.25, -0.2) is 4.98 Å². The summed E-state index contributed by atoms with van der Waals surface area (Å²) in [6.07, 6.45) is 4.53. The fraction of sp³-hybridized carbons (Fsp3) is 0.296. The van der Waals surface area contributed by atoms with E-state index in [4.69, 9.17) is 16.6 Å². The number of anilines is 1. The third-order valence-corrected chi connectivity index (χ3v) is 7.86. The van der Waals surface area contributed by atoms with Crippen LogP contribution in [0.25, 0.3) is 16.9 Å². The molecule has 2 aromatic carbocycles. The molecule has 3 heterocycles. The summed E-state index contributed by atoms with van der Waals surface area (Å²) in [5, 5.41) is 12.0. The monoisotopic (exact) mass is 564 g/mol. The number of carbonyl (C=O) groups is 1. The lowest BCUT2D eigenvalue weighted by Crippen LogP contribution is -2.43. The van der Waals surface area contributed by atoms with Crippen LogP contribution in [0.2, 0.25) is 5.02 Å². The Labute approximate surface area is 223 Å². The molecule has 1 amide bonds. The Balaban J connectivity index is 1.17. The quantitative estimate of drug-likeness (QED) is 0.218. The van der Waals surface area contributed by atoms with Gasteiger partial charge in [0.25, 0.3) is 0 Å². The van der Waals surface area contributed by atoms with Crippen molar-refractivity contribution in [1.82, 2.24) is 24.8 Å². The minimum atomic E-state index is -0.346. The van der Waals surface area contributed by atoms with Gasteiger partial charge >= 0.3 is 0 Å². The van der Waals surface area contributed by atoms with Gasteiger partial charge in [0.2, 0.25) is 5.91 Å². The van der Waals surface area contributed by atoms with Crippen LogP contribution in [-0.2, 0) is 10.2 Å². The molecule has 1 saturated heterocycles. The lowest BCUT2D eigenvalue weighted by Gasteiger charge is -2.27. The first-order valence-corrected chi connectivity index (χ1v) is 13.4. The Bertz CT molecular complexity index is 1420. The van der Waals surface area contributed by atoms with E-state index in [1.54, 1.807) is 10.7 Å². The summed E-state index contributed by atoms with van der Waals surface area (Å²) >= 11 is 10.0. The highest BCUT2D eigenvalue weighted by atomic mass is 79.9. The van der Waals surface area contributed by atoms with Crippen LogP contribution in [0.3, 0.4) is 0 Å². The second-order valence-electron chi connectivity index (χ2n) is 9.39. The van der Waals surface area contributed by atoms with Gasteiger partial charge in [-0.3, -0.25) is 10.1 Å². The molecule has 1 atom stereocenters. The van der Waals surface area contributed by atoms with Gasteiger partial charge in [-0.05, 0) is 46.8 Å². The number of hydrogen-bond donors (Lipinski definition) is 2. The second-order valence-corrected chi connectivity index (χ2v) is 10.6. The lowest BCUT2D eigenvalue weighted by molar-refractivity contribution is -0.134. The molecule has 0 bridgehead atoms. The molecule has 9 heteroatoms. The van der Waals surface area contributed by atoms with Crippen molar-refractivity contribution in [2.75, 3.05) is 25.0 Å². The summed E-state index contributed by atoms with van der Waals surface area (Å²) in [4.78, 5) is 20.4. The molecule has 1 aliphatic heterocycles. The standard InChI is InChI=1S/C27H26BrClN6O/c28-20-16-32-35-23(15-22(33-25(20)35)19-9-4-5-10-21(19)29)30-13-6-14-34(24-17-31-24)26(36)27(11-12-27)18-7-2-1-3-8-18/h1-5,7-10,15-16,24,30-31H,6,11-14,17H2. The zero-order valence-corrected chi connectivity index (χ0v) is 22.0. The highest BCUT2D eigenvalue weighted by Gasteiger charge is 2.54. The normalized spacial score (nSPS) is 17.7. The van der Waals surface area contributed by atoms with E-state index in [9.17, 15) is 4.79 Å². The number of hydrogen-bond acceptors (Lipinski definition) is 5. The Morgan fingerprint density at radius 1 is 1.19 bits per heavy atom. The topological polar surface area (TPSA) is 84.5 Å². The zero-order valence-electron chi connectivity index (χ0n) is 19.6. The number of halogens is 2. The maximum atomic E-state index is 13.6. The van der Waals surface area contributed by atoms with Crippen molar-refractivity contribution >= 4 is 44.9 Å². The smallest absolute Gasteiger partial charge is 0.234 e. The molecule has 36 heavy (non-hydrogen) atoms. The van der Waals surface area contributed by atoms with Gasteiger partial charge in [0, 0.05) is 36.3 Å². The second kappa shape index (κ2) is 9.50. The van der Waals surface area contributed by atoms with E-state index in [1.165, 1.54) is 0 Å². The number of fused-ring (bicyclic) bond motifs is 1. The first-order chi connectivity index (χ1) is 17.6. The maximum absolute atomic E-state index is 13.6. The Morgan fingerprint density at radius 3 is 2.67 bits per heavy atom. The van der Waals surface area contributed by atoms with Gasteiger partial charge in [-0.2, -0.15) is 9.61 Å². The summed E-state index contributed by atoms with van der Waals surface area (Å²) in [6.45, 7) is 2.23. The van der Waals surface area contributed by atoms with E-state index in [0.29, 0.717) is 23.8 Å². The molecule has 1 saturated carbocycles. The third-order valence-electron chi connectivity index (χ3n) is 6.97. The van der Waals surface area contributed by atoms with E-state index in [1.807, 2.05) is 53.4 Å². The molecule has 6 rings (SSSR count). The van der Waals surface area contributed by atoms with Crippen LogP contribution in [0.5, 0.6) is 0 Å². The number of benzene rings is 2. The van der Waals surface area contributed by atoms with Crippen LogP contribution < -0.4 is 10.6 Å². The van der Waals surface area contributed by atoms with Crippen molar-refractivity contribution in [2.24, 2.45) is 0 Å². The number of carbonyl (C=O) groups excluding carboxylic acids is 1. The third kappa shape index (κ3) is 4.38. The molecule has 1 aliphatic carbocycles. The summed E-state index contributed by atoms with van der Waals surface area (Å²) in [5.41, 5.74) is 3.14. The molecule has 2 N–H and O–H groups in total. The van der Waals surface area contributed by atoms with E-state index in [-0.39, 0.29) is 17.5 Å². The van der Waals surface area contributed by atoms with Crippen LogP contribution in [0.1, 0.15) is 24.8 Å². The highest BCUT2D eigenvalue weighted by molar-refractivity contribution is 9.10. The molecule has 2 aliphatic rings. The van der Waals surface area contributed by atoms with Gasteiger partial charge in [0.1, 0.15) is 5.82 Å². The van der Waals surface area contributed by atoms with Gasteiger partial charge in [0.05, 0.1) is 27.9 Å². The first-order valence-electron chi connectivity index (χ1n) is 12.2. The average Bonchev–Trinajstić information content (AvgIpc) is 3.83. The molecule has 184 valence electrons.